The Hall–Kier alpha value is -0.673. The lowest BCUT2D eigenvalue weighted by Gasteiger charge is -2.40. The zero-order valence-electron chi connectivity index (χ0n) is 24.9. The summed E-state index contributed by atoms with van der Waals surface area (Å²) >= 11 is 6.11. The molecule has 1 saturated heterocycles. The lowest BCUT2D eigenvalue weighted by atomic mass is 10.1. The molecule has 0 aromatic heterocycles. The van der Waals surface area contributed by atoms with E-state index in [-0.39, 0.29) is 31.9 Å². The second-order valence-electron chi connectivity index (χ2n) is 8.31. The molecule has 39 heavy (non-hydrogen) atoms. The Morgan fingerprint density at radius 1 is 0.897 bits per heavy atom. The third-order valence-corrected chi connectivity index (χ3v) is 8.36. The third kappa shape index (κ3) is 13.7. The molecule has 1 aliphatic heterocycles. The topological polar surface area (TPSA) is 105 Å². The molecule has 232 valence electrons. The van der Waals surface area contributed by atoms with Crippen molar-refractivity contribution in [2.24, 2.45) is 0 Å². The van der Waals surface area contributed by atoms with E-state index in [1.807, 2.05) is 41.5 Å². The van der Waals surface area contributed by atoms with Crippen LogP contribution in [0.5, 0.6) is 0 Å². The molecule has 0 aromatic rings. The van der Waals surface area contributed by atoms with E-state index in [4.69, 9.17) is 62.8 Å². The molecule has 0 radical (unpaired) electrons. The molecule has 1 heterocycles. The van der Waals surface area contributed by atoms with Gasteiger partial charge in [-0.1, -0.05) is 0 Å². The normalized spacial score (nSPS) is 17.4. The maximum atomic E-state index is 6.79. The molecular weight excluding hydrogens is 552 g/mol. The monoisotopic (exact) mass is 602 g/mol. The maximum absolute atomic E-state index is 6.79. The van der Waals surface area contributed by atoms with E-state index in [2.05, 4.69) is 0 Å². The van der Waals surface area contributed by atoms with Crippen molar-refractivity contribution in [2.75, 3.05) is 72.5 Å². The molecule has 1 fully saturated rings. The van der Waals surface area contributed by atoms with Crippen molar-refractivity contribution >= 4 is 20.4 Å². The minimum atomic E-state index is -3.61. The number of hydrogen-bond acceptors (Lipinski definition) is 11. The Morgan fingerprint density at radius 2 is 1.49 bits per heavy atom. The SMILES string of the molecule is CCOC(OCC)=C(OCC)C(CCCOCC1CO1)O[Si](CCCCl)(OC)OC(OCC)(OCC)OCC. The van der Waals surface area contributed by atoms with Crippen LogP contribution in [0.2, 0.25) is 6.04 Å². The van der Waals surface area contributed by atoms with Crippen LogP contribution in [-0.4, -0.2) is 99.6 Å². The van der Waals surface area contributed by atoms with Crippen molar-refractivity contribution in [2.45, 2.75) is 85.2 Å². The smallest absolute Gasteiger partial charge is 0.489 e. The molecule has 1 rings (SSSR count). The van der Waals surface area contributed by atoms with E-state index in [9.17, 15) is 0 Å². The van der Waals surface area contributed by atoms with Crippen LogP contribution in [0.4, 0.5) is 0 Å². The highest BCUT2D eigenvalue weighted by Crippen LogP contribution is 2.33. The van der Waals surface area contributed by atoms with E-state index in [1.165, 1.54) is 0 Å². The largest absolute Gasteiger partial charge is 0.507 e. The number of hydrogen-bond donors (Lipinski definition) is 0. The van der Waals surface area contributed by atoms with Gasteiger partial charge in [0.15, 0.2) is 0 Å². The van der Waals surface area contributed by atoms with Crippen LogP contribution < -0.4 is 0 Å². The summed E-state index contributed by atoms with van der Waals surface area (Å²) in [6, 6.07) is 0.381. The fourth-order valence-corrected chi connectivity index (χ4v) is 6.47. The van der Waals surface area contributed by atoms with Crippen molar-refractivity contribution in [1.29, 1.82) is 0 Å². The zero-order valence-corrected chi connectivity index (χ0v) is 26.7. The molecule has 0 amide bonds. The fraction of sp³-hybridized carbons (Fsp3) is 0.923. The van der Waals surface area contributed by atoms with Crippen LogP contribution in [0.1, 0.15) is 60.8 Å². The summed E-state index contributed by atoms with van der Waals surface area (Å²) in [6.45, 7) is 14.9. The van der Waals surface area contributed by atoms with Crippen molar-refractivity contribution < 1.29 is 51.2 Å². The average molecular weight is 603 g/mol. The van der Waals surface area contributed by atoms with Gasteiger partial charge in [0.1, 0.15) is 12.2 Å². The number of halogens is 1. The first-order valence-corrected chi connectivity index (χ1v) is 16.6. The molecule has 0 aliphatic carbocycles. The predicted octanol–water partition coefficient (Wildman–Crippen LogP) is 4.80. The van der Waals surface area contributed by atoms with Gasteiger partial charge in [-0.3, -0.25) is 4.43 Å². The summed E-state index contributed by atoms with van der Waals surface area (Å²) in [6.07, 6.45) is -0.517. The van der Waals surface area contributed by atoms with Gasteiger partial charge in [0.05, 0.1) is 52.9 Å². The zero-order chi connectivity index (χ0) is 29.0. The molecule has 13 heteroatoms. The molecule has 11 nitrogen and oxygen atoms in total. The summed E-state index contributed by atoms with van der Waals surface area (Å²) in [7, 11) is -2.06. The van der Waals surface area contributed by atoms with Gasteiger partial charge in [0.25, 0.3) is 0 Å². The lowest BCUT2D eigenvalue weighted by Crippen LogP contribution is -2.57. The minimum Gasteiger partial charge on any atom is -0.489 e. The standard InChI is InChI=1S/C26H51ClO11Si/c1-8-30-24(25(31-9-2)32-10-3)23(16-14-18-29-20-22-21-33-22)37-39(28-7,19-15-17-27)38-26(34-11-4,35-12-5)36-13-6/h22-23H,8-21H2,1-7H3. The molecule has 0 N–H and O–H groups in total. The Kier molecular flexibility index (Phi) is 19.7. The molecule has 3 atom stereocenters. The highest BCUT2D eigenvalue weighted by Gasteiger charge is 2.53. The molecule has 0 aromatic carbocycles. The highest BCUT2D eigenvalue weighted by atomic mass is 35.5. The van der Waals surface area contributed by atoms with Crippen LogP contribution in [0, 0.1) is 0 Å². The second kappa shape index (κ2) is 21.1. The Labute approximate surface area is 240 Å². The first-order valence-electron chi connectivity index (χ1n) is 14.1. The van der Waals surface area contributed by atoms with Gasteiger partial charge in [-0.05, 0) is 60.8 Å². The number of ether oxygens (including phenoxy) is 8. The van der Waals surface area contributed by atoms with Gasteiger partial charge in [-0.25, -0.2) is 0 Å². The highest BCUT2D eigenvalue weighted by molar-refractivity contribution is 6.60. The van der Waals surface area contributed by atoms with Gasteiger partial charge >= 0.3 is 20.9 Å². The number of alkyl halides is 1. The molecule has 0 spiro atoms. The number of rotatable bonds is 27. The van der Waals surface area contributed by atoms with Gasteiger partial charge in [-0.2, -0.15) is 0 Å². The van der Waals surface area contributed by atoms with Crippen LogP contribution in [0.25, 0.3) is 0 Å². The van der Waals surface area contributed by atoms with Crippen LogP contribution in [0.15, 0.2) is 11.7 Å². The summed E-state index contributed by atoms with van der Waals surface area (Å²) in [4.78, 5) is 0. The Bertz CT molecular complexity index is 628. The third-order valence-electron chi connectivity index (χ3n) is 5.30. The van der Waals surface area contributed by atoms with Gasteiger partial charge in [0.2, 0.25) is 5.76 Å². The molecule has 0 bridgehead atoms. The Balaban J connectivity index is 3.43. The van der Waals surface area contributed by atoms with Gasteiger partial charge in [0, 0.05) is 25.6 Å². The first-order chi connectivity index (χ1) is 18.9. The van der Waals surface area contributed by atoms with E-state index < -0.39 is 21.1 Å². The molecule has 0 saturated carbocycles. The summed E-state index contributed by atoms with van der Waals surface area (Å²) in [5.41, 5.74) is 0. The van der Waals surface area contributed by atoms with Crippen molar-refractivity contribution in [1.82, 2.24) is 0 Å². The maximum Gasteiger partial charge on any atom is 0.507 e. The molecule has 1 aliphatic rings. The predicted molar refractivity (Wildman–Crippen MR) is 148 cm³/mol. The number of epoxide rings is 1. The van der Waals surface area contributed by atoms with Crippen LogP contribution >= 0.6 is 11.6 Å². The van der Waals surface area contributed by atoms with Crippen LogP contribution in [0.3, 0.4) is 0 Å². The van der Waals surface area contributed by atoms with Crippen molar-refractivity contribution in [3.8, 4) is 0 Å². The average Bonchev–Trinajstić information content (AvgIpc) is 3.74. The first kappa shape index (κ1) is 36.4. The van der Waals surface area contributed by atoms with Crippen molar-refractivity contribution in [3.05, 3.63) is 11.7 Å². The van der Waals surface area contributed by atoms with Crippen molar-refractivity contribution in [3.63, 3.8) is 0 Å². The summed E-state index contributed by atoms with van der Waals surface area (Å²) in [5.74, 6) is 1.07. The fourth-order valence-electron chi connectivity index (χ4n) is 3.64. The summed E-state index contributed by atoms with van der Waals surface area (Å²) < 4.78 is 65.6. The molecule has 3 unspecified atom stereocenters. The Morgan fingerprint density at radius 3 is 1.95 bits per heavy atom. The van der Waals surface area contributed by atoms with E-state index in [1.54, 1.807) is 7.11 Å². The van der Waals surface area contributed by atoms with Gasteiger partial charge < -0.3 is 46.7 Å². The van der Waals surface area contributed by atoms with E-state index in [0.717, 1.165) is 6.61 Å². The minimum absolute atomic E-state index is 0.194. The van der Waals surface area contributed by atoms with E-state index in [0.29, 0.717) is 70.0 Å². The molecular formula is C26H51ClO11Si. The lowest BCUT2D eigenvalue weighted by molar-refractivity contribution is -0.478. The second-order valence-corrected chi connectivity index (χ2v) is 11.4. The van der Waals surface area contributed by atoms with Crippen LogP contribution in [-0.2, 0) is 51.2 Å². The quantitative estimate of drug-likeness (QED) is 0.0323. The summed E-state index contributed by atoms with van der Waals surface area (Å²) in [5, 5.41) is 0. The van der Waals surface area contributed by atoms with Gasteiger partial charge in [-0.15, -0.1) is 11.6 Å². The van der Waals surface area contributed by atoms with E-state index >= 15 is 0 Å².